The zero-order valence-electron chi connectivity index (χ0n) is 33.1. The van der Waals surface area contributed by atoms with Gasteiger partial charge in [0.15, 0.2) is 0 Å². The predicted octanol–water partition coefficient (Wildman–Crippen LogP) is 12.4. The summed E-state index contributed by atoms with van der Waals surface area (Å²) in [6.45, 7) is 4.23. The van der Waals surface area contributed by atoms with E-state index in [-0.39, 0.29) is 6.61 Å². The normalized spacial score (nSPS) is 13.7. The van der Waals surface area contributed by atoms with Gasteiger partial charge in [-0.15, -0.1) is 0 Å². The fraction of sp³-hybridized carbons (Fsp3) is 0.932. The van der Waals surface area contributed by atoms with Crippen molar-refractivity contribution in [3.8, 4) is 0 Å². The molecule has 5 nitrogen and oxygen atoms in total. The van der Waals surface area contributed by atoms with E-state index in [4.69, 9.17) is 0 Å². The molecule has 0 aromatic rings. The third-order valence-corrected chi connectivity index (χ3v) is 10.4. The Kier molecular flexibility index (Phi) is 39.1. The maximum absolute atomic E-state index is 12.4. The smallest absolute Gasteiger partial charge is 0.249 e. The number of rotatable bonds is 40. The fourth-order valence-corrected chi connectivity index (χ4v) is 6.89. The van der Waals surface area contributed by atoms with Gasteiger partial charge in [-0.05, 0) is 38.5 Å². The summed E-state index contributed by atoms with van der Waals surface area (Å²) in [5.74, 6) is -0.472. The third kappa shape index (κ3) is 35.3. The number of carbonyl (C=O) groups is 1. The number of hydrogen-bond donors (Lipinski definition) is 4. The molecule has 0 radical (unpaired) electrons. The number of allylic oxidation sites excluding steroid dienone is 2. The van der Waals surface area contributed by atoms with Crippen LogP contribution in [0.15, 0.2) is 12.2 Å². The van der Waals surface area contributed by atoms with Crippen molar-refractivity contribution in [1.29, 1.82) is 0 Å². The molecule has 0 rings (SSSR count). The minimum absolute atomic E-state index is 0.312. The Bertz CT molecular complexity index is 684. The maximum Gasteiger partial charge on any atom is 0.249 e. The summed E-state index contributed by atoms with van der Waals surface area (Å²) in [6.07, 6.45) is 46.5. The lowest BCUT2D eigenvalue weighted by Crippen LogP contribution is -2.49. The van der Waals surface area contributed by atoms with Crippen LogP contribution in [0.5, 0.6) is 0 Å². The lowest BCUT2D eigenvalue weighted by Gasteiger charge is -2.23. The second-order valence-corrected chi connectivity index (χ2v) is 15.3. The first kappa shape index (κ1) is 48.1. The van der Waals surface area contributed by atoms with Crippen molar-refractivity contribution in [2.24, 2.45) is 0 Å². The van der Waals surface area contributed by atoms with Crippen molar-refractivity contribution in [1.82, 2.24) is 5.32 Å². The van der Waals surface area contributed by atoms with Crippen LogP contribution in [0.25, 0.3) is 0 Å². The zero-order chi connectivity index (χ0) is 35.9. The SMILES string of the molecule is CCCCCCCCCCCCCC/C=C\CCCCCCCCCCC(O)C(=O)NC(CO)C(O)CCCCCCCCCCCCC. The molecule has 3 unspecified atom stereocenters. The van der Waals surface area contributed by atoms with Gasteiger partial charge in [-0.3, -0.25) is 4.79 Å². The van der Waals surface area contributed by atoms with Gasteiger partial charge < -0.3 is 20.6 Å². The first-order chi connectivity index (χ1) is 24.1. The molecular formula is C44H87NO4. The van der Waals surface area contributed by atoms with E-state index >= 15 is 0 Å². The molecule has 0 aromatic carbocycles. The van der Waals surface area contributed by atoms with Gasteiger partial charge in [0.25, 0.3) is 0 Å². The summed E-state index contributed by atoms with van der Waals surface area (Å²) in [5.41, 5.74) is 0. The van der Waals surface area contributed by atoms with Gasteiger partial charge in [0, 0.05) is 0 Å². The second-order valence-electron chi connectivity index (χ2n) is 15.3. The van der Waals surface area contributed by atoms with Gasteiger partial charge in [0.1, 0.15) is 6.10 Å². The summed E-state index contributed by atoms with van der Waals surface area (Å²) in [6, 6.07) is -0.708. The minimum atomic E-state index is -1.07. The Hall–Kier alpha value is -0.910. The summed E-state index contributed by atoms with van der Waals surface area (Å²) in [7, 11) is 0. The topological polar surface area (TPSA) is 89.8 Å². The molecule has 0 bridgehead atoms. The number of carbonyl (C=O) groups excluding carboxylic acids is 1. The van der Waals surface area contributed by atoms with Crippen molar-refractivity contribution < 1.29 is 20.1 Å². The maximum atomic E-state index is 12.4. The van der Waals surface area contributed by atoms with Gasteiger partial charge >= 0.3 is 0 Å². The lowest BCUT2D eigenvalue weighted by atomic mass is 10.0. The van der Waals surface area contributed by atoms with E-state index in [0.717, 1.165) is 32.1 Å². The van der Waals surface area contributed by atoms with E-state index in [1.807, 2.05) is 0 Å². The quantitative estimate of drug-likeness (QED) is 0.0380. The molecular weight excluding hydrogens is 606 g/mol. The Morgan fingerprint density at radius 3 is 1.12 bits per heavy atom. The molecule has 0 fully saturated rings. The molecule has 3 atom stereocenters. The van der Waals surface area contributed by atoms with Crippen molar-refractivity contribution in [2.45, 2.75) is 257 Å². The second kappa shape index (κ2) is 39.9. The monoisotopic (exact) mass is 694 g/mol. The Morgan fingerprint density at radius 1 is 0.469 bits per heavy atom. The molecule has 5 heteroatoms. The molecule has 0 aliphatic rings. The van der Waals surface area contributed by atoms with Crippen molar-refractivity contribution in [2.75, 3.05) is 6.61 Å². The molecule has 0 aliphatic carbocycles. The molecule has 292 valence electrons. The molecule has 49 heavy (non-hydrogen) atoms. The van der Waals surface area contributed by atoms with Crippen LogP contribution in [0, 0.1) is 0 Å². The molecule has 0 spiro atoms. The molecule has 0 heterocycles. The largest absolute Gasteiger partial charge is 0.394 e. The van der Waals surface area contributed by atoms with Gasteiger partial charge in [0.2, 0.25) is 5.91 Å². The first-order valence-corrected chi connectivity index (χ1v) is 22.0. The Balaban J connectivity index is 3.56. The Labute approximate surface area is 306 Å². The van der Waals surface area contributed by atoms with Gasteiger partial charge in [0.05, 0.1) is 18.8 Å². The highest BCUT2D eigenvalue weighted by Gasteiger charge is 2.23. The van der Waals surface area contributed by atoms with Crippen molar-refractivity contribution in [3.63, 3.8) is 0 Å². The van der Waals surface area contributed by atoms with E-state index in [1.165, 1.54) is 180 Å². The van der Waals surface area contributed by atoms with E-state index in [2.05, 4.69) is 31.3 Å². The molecule has 1 amide bonds. The number of hydrogen-bond acceptors (Lipinski definition) is 4. The van der Waals surface area contributed by atoms with Crippen LogP contribution < -0.4 is 5.32 Å². The molecule has 0 aromatic heterocycles. The van der Waals surface area contributed by atoms with Crippen LogP contribution in [0.1, 0.15) is 239 Å². The van der Waals surface area contributed by atoms with E-state index in [9.17, 15) is 20.1 Å². The number of nitrogens with one attached hydrogen (secondary N) is 1. The first-order valence-electron chi connectivity index (χ1n) is 22.0. The van der Waals surface area contributed by atoms with Crippen LogP contribution in [-0.2, 0) is 4.79 Å². The highest BCUT2D eigenvalue weighted by molar-refractivity contribution is 5.80. The van der Waals surface area contributed by atoms with Crippen LogP contribution >= 0.6 is 0 Å². The summed E-state index contributed by atoms with van der Waals surface area (Å²) in [5, 5.41) is 33.2. The molecule has 0 saturated heterocycles. The highest BCUT2D eigenvalue weighted by atomic mass is 16.3. The zero-order valence-corrected chi connectivity index (χ0v) is 33.1. The number of unbranched alkanes of at least 4 members (excludes halogenated alkanes) is 30. The molecule has 0 saturated carbocycles. The fourth-order valence-electron chi connectivity index (χ4n) is 6.89. The standard InChI is InChI=1S/C44H87NO4/c1-3-5-7-9-11-13-15-16-17-18-19-20-21-22-23-24-25-26-27-29-31-33-35-37-39-43(48)44(49)45-41(40-46)42(47)38-36-34-32-30-28-14-12-10-8-6-4-2/h22-23,41-43,46-48H,3-21,24-40H2,1-2H3,(H,45,49)/b23-22-. The number of amides is 1. The van der Waals surface area contributed by atoms with E-state index < -0.39 is 24.2 Å². The van der Waals surface area contributed by atoms with Crippen LogP contribution in [0.4, 0.5) is 0 Å². The molecule has 4 N–H and O–H groups in total. The third-order valence-electron chi connectivity index (χ3n) is 10.4. The van der Waals surface area contributed by atoms with Crippen molar-refractivity contribution in [3.05, 3.63) is 12.2 Å². The average molecular weight is 694 g/mol. The summed E-state index contributed by atoms with van der Waals surface area (Å²) in [4.78, 5) is 12.4. The van der Waals surface area contributed by atoms with Gasteiger partial charge in [-0.1, -0.05) is 212 Å². The lowest BCUT2D eigenvalue weighted by molar-refractivity contribution is -0.131. The molecule has 0 aliphatic heterocycles. The summed E-state index contributed by atoms with van der Waals surface area (Å²) >= 11 is 0. The Morgan fingerprint density at radius 2 is 0.776 bits per heavy atom. The van der Waals surface area contributed by atoms with Crippen molar-refractivity contribution >= 4 is 5.91 Å². The average Bonchev–Trinajstić information content (AvgIpc) is 3.11. The van der Waals surface area contributed by atoms with E-state index in [0.29, 0.717) is 12.8 Å². The van der Waals surface area contributed by atoms with Gasteiger partial charge in [-0.2, -0.15) is 0 Å². The predicted molar refractivity (Wildman–Crippen MR) is 213 cm³/mol. The van der Waals surface area contributed by atoms with Crippen LogP contribution in [0.2, 0.25) is 0 Å². The number of aliphatic hydroxyl groups excluding tert-OH is 3. The number of aliphatic hydroxyl groups is 3. The van der Waals surface area contributed by atoms with Crippen LogP contribution in [-0.4, -0.2) is 46.1 Å². The summed E-state index contributed by atoms with van der Waals surface area (Å²) < 4.78 is 0. The van der Waals surface area contributed by atoms with Crippen LogP contribution in [0.3, 0.4) is 0 Å². The minimum Gasteiger partial charge on any atom is -0.394 e. The van der Waals surface area contributed by atoms with Gasteiger partial charge in [-0.25, -0.2) is 0 Å². The van der Waals surface area contributed by atoms with E-state index in [1.54, 1.807) is 0 Å². The highest BCUT2D eigenvalue weighted by Crippen LogP contribution is 2.16.